The molecule has 0 aliphatic rings. The summed E-state index contributed by atoms with van der Waals surface area (Å²) >= 11 is 1.73. The predicted molar refractivity (Wildman–Crippen MR) is 115 cm³/mol. The molecule has 0 fully saturated rings. The van der Waals surface area contributed by atoms with Gasteiger partial charge in [0.25, 0.3) is 0 Å². The molecule has 0 aliphatic heterocycles. The number of benzene rings is 3. The number of rotatable bonds is 8. The lowest BCUT2D eigenvalue weighted by atomic mass is 9.94. The molecule has 3 nitrogen and oxygen atoms in total. The zero-order valence-corrected chi connectivity index (χ0v) is 16.5. The molecule has 3 rings (SSSR count). The zero-order chi connectivity index (χ0) is 19.8. The fourth-order valence-corrected chi connectivity index (χ4v) is 3.65. The van der Waals surface area contributed by atoms with Crippen LogP contribution < -0.4 is 4.74 Å². The van der Waals surface area contributed by atoms with Crippen molar-refractivity contribution in [3.8, 4) is 5.75 Å². The van der Waals surface area contributed by atoms with E-state index in [1.165, 1.54) is 22.3 Å². The van der Waals surface area contributed by atoms with Crippen molar-refractivity contribution < 1.29 is 14.6 Å². The first-order valence-corrected chi connectivity index (χ1v) is 10.0. The van der Waals surface area contributed by atoms with Gasteiger partial charge in [0.1, 0.15) is 5.75 Å². The van der Waals surface area contributed by atoms with Crippen molar-refractivity contribution in [1.82, 2.24) is 0 Å². The number of hydrogen-bond acceptors (Lipinski definition) is 3. The van der Waals surface area contributed by atoms with Crippen molar-refractivity contribution in [1.29, 1.82) is 0 Å². The van der Waals surface area contributed by atoms with Crippen LogP contribution in [0.5, 0.6) is 5.75 Å². The van der Waals surface area contributed by atoms with Crippen LogP contribution in [-0.2, 0) is 4.79 Å². The number of carboxylic acid groups (broad SMARTS) is 1. The number of aliphatic carboxylic acids is 1. The van der Waals surface area contributed by atoms with E-state index >= 15 is 0 Å². The standard InChI is InChI=1S/C24H22O3S/c1-18-7-5-6-10-22(18)23(19-8-3-2-4-9-19)15-16-28-21-13-11-20(12-14-21)27-17-24(25)26/h2-15H,16-17H2,1H3,(H,25,26)/b23-15-. The number of thioether (sulfide) groups is 1. The number of carbonyl (C=O) groups is 1. The molecule has 0 amide bonds. The molecule has 0 unspecified atom stereocenters. The first-order valence-electron chi connectivity index (χ1n) is 9.02. The molecule has 4 heteroatoms. The fourth-order valence-electron chi connectivity index (χ4n) is 2.87. The van der Waals surface area contributed by atoms with Gasteiger partial charge < -0.3 is 9.84 Å². The molecular formula is C24H22O3S. The van der Waals surface area contributed by atoms with E-state index in [1.54, 1.807) is 23.9 Å². The number of aryl methyl sites for hydroxylation is 1. The zero-order valence-electron chi connectivity index (χ0n) is 15.7. The number of hydrogen-bond donors (Lipinski definition) is 1. The van der Waals surface area contributed by atoms with E-state index < -0.39 is 5.97 Å². The fraction of sp³-hybridized carbons (Fsp3) is 0.125. The number of carboxylic acids is 1. The van der Waals surface area contributed by atoms with E-state index in [-0.39, 0.29) is 6.61 Å². The Bertz CT molecular complexity index is 947. The summed E-state index contributed by atoms with van der Waals surface area (Å²) in [7, 11) is 0. The minimum atomic E-state index is -0.978. The highest BCUT2D eigenvalue weighted by Gasteiger charge is 2.07. The molecular weight excluding hydrogens is 368 g/mol. The Hall–Kier alpha value is -2.98. The highest BCUT2D eigenvalue weighted by atomic mass is 32.2. The van der Waals surface area contributed by atoms with Gasteiger partial charge in [0.2, 0.25) is 0 Å². The van der Waals surface area contributed by atoms with Crippen LogP contribution in [0, 0.1) is 6.92 Å². The molecule has 0 saturated heterocycles. The van der Waals surface area contributed by atoms with Crippen molar-refractivity contribution in [3.63, 3.8) is 0 Å². The van der Waals surface area contributed by atoms with E-state index in [1.807, 2.05) is 18.2 Å². The van der Waals surface area contributed by atoms with Crippen LogP contribution in [-0.4, -0.2) is 23.4 Å². The van der Waals surface area contributed by atoms with Crippen LogP contribution in [0.3, 0.4) is 0 Å². The summed E-state index contributed by atoms with van der Waals surface area (Å²) in [4.78, 5) is 11.7. The molecule has 0 aromatic heterocycles. The summed E-state index contributed by atoms with van der Waals surface area (Å²) in [6.45, 7) is 1.81. The SMILES string of the molecule is Cc1ccccc1/C(=C\CSc1ccc(OCC(=O)O)cc1)c1ccccc1. The molecule has 3 aromatic rings. The van der Waals surface area contributed by atoms with Crippen LogP contribution in [0.2, 0.25) is 0 Å². The Morgan fingerprint density at radius 2 is 1.64 bits per heavy atom. The maximum atomic E-state index is 10.6. The van der Waals surface area contributed by atoms with Gasteiger partial charge in [0.05, 0.1) is 0 Å². The Labute approximate surface area is 169 Å². The minimum Gasteiger partial charge on any atom is -0.482 e. The summed E-state index contributed by atoms with van der Waals surface area (Å²) in [5, 5.41) is 8.67. The molecule has 28 heavy (non-hydrogen) atoms. The normalized spacial score (nSPS) is 11.2. The average Bonchev–Trinajstić information content (AvgIpc) is 2.72. The lowest BCUT2D eigenvalue weighted by Gasteiger charge is -2.12. The van der Waals surface area contributed by atoms with Crippen LogP contribution in [0.1, 0.15) is 16.7 Å². The summed E-state index contributed by atoms with van der Waals surface area (Å²) < 4.78 is 5.17. The second-order valence-corrected chi connectivity index (χ2v) is 7.36. The van der Waals surface area contributed by atoms with Gasteiger partial charge in [-0.15, -0.1) is 11.8 Å². The topological polar surface area (TPSA) is 46.5 Å². The molecule has 0 atom stereocenters. The number of ether oxygens (including phenoxy) is 1. The molecule has 0 saturated carbocycles. The van der Waals surface area contributed by atoms with Gasteiger partial charge in [-0.1, -0.05) is 60.7 Å². The van der Waals surface area contributed by atoms with Crippen molar-refractivity contribution >= 4 is 23.3 Å². The Kier molecular flexibility index (Phi) is 6.93. The summed E-state index contributed by atoms with van der Waals surface area (Å²) in [5.41, 5.74) is 4.93. The summed E-state index contributed by atoms with van der Waals surface area (Å²) in [6.07, 6.45) is 2.26. The van der Waals surface area contributed by atoms with Crippen molar-refractivity contribution in [2.45, 2.75) is 11.8 Å². The average molecular weight is 391 g/mol. The van der Waals surface area contributed by atoms with E-state index in [4.69, 9.17) is 9.84 Å². The van der Waals surface area contributed by atoms with E-state index in [0.717, 1.165) is 10.6 Å². The highest BCUT2D eigenvalue weighted by molar-refractivity contribution is 7.99. The quantitative estimate of drug-likeness (QED) is 0.503. The van der Waals surface area contributed by atoms with Gasteiger partial charge in [-0.25, -0.2) is 4.79 Å². The third-order valence-electron chi connectivity index (χ3n) is 4.24. The molecule has 1 N–H and O–H groups in total. The molecule has 0 aliphatic carbocycles. The van der Waals surface area contributed by atoms with Gasteiger partial charge in [-0.05, 0) is 53.5 Å². The van der Waals surface area contributed by atoms with Crippen LogP contribution in [0.4, 0.5) is 0 Å². The highest BCUT2D eigenvalue weighted by Crippen LogP contribution is 2.28. The molecule has 0 spiro atoms. The molecule has 3 aromatic carbocycles. The minimum absolute atomic E-state index is 0.327. The monoisotopic (exact) mass is 390 g/mol. The first kappa shape index (κ1) is 19.8. The lowest BCUT2D eigenvalue weighted by molar-refractivity contribution is -0.139. The van der Waals surface area contributed by atoms with Crippen molar-refractivity contribution in [3.05, 3.63) is 102 Å². The van der Waals surface area contributed by atoms with Gasteiger partial charge in [-0.3, -0.25) is 0 Å². The summed E-state index contributed by atoms with van der Waals surface area (Å²) in [6, 6.07) is 26.3. The third kappa shape index (κ3) is 5.51. The van der Waals surface area contributed by atoms with Crippen LogP contribution in [0.15, 0.2) is 89.8 Å². The third-order valence-corrected chi connectivity index (χ3v) is 5.18. The van der Waals surface area contributed by atoms with Crippen molar-refractivity contribution in [2.75, 3.05) is 12.4 Å². The van der Waals surface area contributed by atoms with Gasteiger partial charge in [0.15, 0.2) is 6.61 Å². The smallest absolute Gasteiger partial charge is 0.341 e. The van der Waals surface area contributed by atoms with E-state index in [0.29, 0.717) is 5.75 Å². The Balaban J connectivity index is 1.74. The molecule has 142 valence electrons. The maximum Gasteiger partial charge on any atom is 0.341 e. The van der Waals surface area contributed by atoms with Gasteiger partial charge in [-0.2, -0.15) is 0 Å². The van der Waals surface area contributed by atoms with Gasteiger partial charge in [0, 0.05) is 10.6 Å². The van der Waals surface area contributed by atoms with Crippen LogP contribution >= 0.6 is 11.8 Å². The second kappa shape index (κ2) is 9.81. The lowest BCUT2D eigenvalue weighted by Crippen LogP contribution is -2.09. The Morgan fingerprint density at radius 3 is 2.32 bits per heavy atom. The van der Waals surface area contributed by atoms with E-state index in [9.17, 15) is 4.79 Å². The molecule has 0 bridgehead atoms. The molecule has 0 heterocycles. The molecule has 0 radical (unpaired) electrons. The Morgan fingerprint density at radius 1 is 0.964 bits per heavy atom. The second-order valence-electron chi connectivity index (χ2n) is 6.26. The largest absolute Gasteiger partial charge is 0.482 e. The summed E-state index contributed by atoms with van der Waals surface area (Å²) in [5.74, 6) is 0.411. The van der Waals surface area contributed by atoms with Gasteiger partial charge >= 0.3 is 5.97 Å². The van der Waals surface area contributed by atoms with E-state index in [2.05, 4.69) is 61.5 Å². The van der Waals surface area contributed by atoms with Crippen LogP contribution in [0.25, 0.3) is 5.57 Å². The van der Waals surface area contributed by atoms with Crippen molar-refractivity contribution in [2.24, 2.45) is 0 Å². The predicted octanol–water partition coefficient (Wildman–Crippen LogP) is 5.68. The maximum absolute atomic E-state index is 10.6. The first-order chi connectivity index (χ1) is 13.6.